The molecule has 0 spiro atoms. The van der Waals surface area contributed by atoms with E-state index in [2.05, 4.69) is 21.9 Å². The Labute approximate surface area is 145 Å². The molecule has 0 aliphatic carbocycles. The molecule has 2 fully saturated rings. The summed E-state index contributed by atoms with van der Waals surface area (Å²) in [5.74, 6) is 1.19. The van der Waals surface area contributed by atoms with Gasteiger partial charge in [-0.05, 0) is 50.2 Å². The van der Waals surface area contributed by atoms with Gasteiger partial charge in [0.05, 0.1) is 7.11 Å². The van der Waals surface area contributed by atoms with E-state index >= 15 is 0 Å². The van der Waals surface area contributed by atoms with Crippen LogP contribution in [0.3, 0.4) is 0 Å². The minimum atomic E-state index is 0.315. The summed E-state index contributed by atoms with van der Waals surface area (Å²) in [6, 6.07) is 8.16. The number of amides is 1. The van der Waals surface area contributed by atoms with Crippen LogP contribution < -0.4 is 9.64 Å². The largest absolute Gasteiger partial charge is 0.497 e. The summed E-state index contributed by atoms with van der Waals surface area (Å²) in [7, 11) is 1.68. The molecule has 1 amide bonds. The van der Waals surface area contributed by atoms with Crippen molar-refractivity contribution >= 4 is 11.6 Å². The van der Waals surface area contributed by atoms with E-state index in [1.807, 2.05) is 17.0 Å². The Kier molecular flexibility index (Phi) is 5.96. The lowest BCUT2D eigenvalue weighted by atomic mass is 10.1. The van der Waals surface area contributed by atoms with Crippen molar-refractivity contribution < 1.29 is 9.53 Å². The van der Waals surface area contributed by atoms with E-state index in [4.69, 9.17) is 4.74 Å². The predicted octanol–water partition coefficient (Wildman–Crippen LogP) is 2.22. The molecule has 0 bridgehead atoms. The maximum Gasteiger partial charge on any atom is 0.223 e. The number of benzene rings is 1. The molecule has 24 heavy (non-hydrogen) atoms. The van der Waals surface area contributed by atoms with Crippen LogP contribution in [0.15, 0.2) is 24.3 Å². The number of likely N-dealkylation sites (tertiary alicyclic amines) is 1. The zero-order chi connectivity index (χ0) is 16.8. The zero-order valence-corrected chi connectivity index (χ0v) is 14.7. The van der Waals surface area contributed by atoms with Gasteiger partial charge in [-0.2, -0.15) is 0 Å². The molecule has 0 aromatic heterocycles. The first-order valence-electron chi connectivity index (χ1n) is 9.15. The van der Waals surface area contributed by atoms with Crippen LogP contribution in [0.25, 0.3) is 0 Å². The fraction of sp³-hybridized carbons (Fsp3) is 0.632. The second-order valence-electron chi connectivity index (χ2n) is 6.72. The molecule has 0 atom stereocenters. The number of carbonyl (C=O) groups excluding carboxylic acids is 1. The van der Waals surface area contributed by atoms with Gasteiger partial charge in [0.25, 0.3) is 0 Å². The number of hydrogen-bond acceptors (Lipinski definition) is 4. The van der Waals surface area contributed by atoms with Gasteiger partial charge < -0.3 is 19.4 Å². The number of piperidine rings is 1. The van der Waals surface area contributed by atoms with Crippen LogP contribution in [0.1, 0.15) is 25.7 Å². The summed E-state index contributed by atoms with van der Waals surface area (Å²) in [5.41, 5.74) is 1.20. The maximum atomic E-state index is 12.4. The van der Waals surface area contributed by atoms with Crippen molar-refractivity contribution in [3.63, 3.8) is 0 Å². The Balaban J connectivity index is 1.42. The van der Waals surface area contributed by atoms with Crippen LogP contribution in [0.4, 0.5) is 5.69 Å². The van der Waals surface area contributed by atoms with Crippen molar-refractivity contribution in [3.8, 4) is 5.75 Å². The molecule has 2 heterocycles. The molecule has 0 unspecified atom stereocenters. The molecule has 0 saturated carbocycles. The van der Waals surface area contributed by atoms with E-state index in [-0.39, 0.29) is 0 Å². The van der Waals surface area contributed by atoms with E-state index in [1.165, 1.54) is 38.0 Å². The standard InChI is InChI=1S/C19H29N3O2/c1-24-18-7-5-17(6-8-18)21-13-15-22(16-14-21)19(23)9-12-20-10-3-2-4-11-20/h5-8H,2-4,9-16H2,1H3. The Morgan fingerprint density at radius 1 is 0.958 bits per heavy atom. The summed E-state index contributed by atoms with van der Waals surface area (Å²) < 4.78 is 5.21. The molecular weight excluding hydrogens is 302 g/mol. The first kappa shape index (κ1) is 17.1. The number of ether oxygens (including phenoxy) is 1. The smallest absolute Gasteiger partial charge is 0.223 e. The summed E-state index contributed by atoms with van der Waals surface area (Å²) in [4.78, 5) is 19.2. The third kappa shape index (κ3) is 4.41. The molecule has 1 aromatic carbocycles. The van der Waals surface area contributed by atoms with Gasteiger partial charge in [0.15, 0.2) is 0 Å². The Bertz CT molecular complexity index is 518. The third-order valence-electron chi connectivity index (χ3n) is 5.16. The Morgan fingerprint density at radius 2 is 1.62 bits per heavy atom. The number of nitrogens with zero attached hydrogens (tertiary/aromatic N) is 3. The van der Waals surface area contributed by atoms with E-state index in [0.29, 0.717) is 12.3 Å². The van der Waals surface area contributed by atoms with E-state index in [9.17, 15) is 4.79 Å². The second kappa shape index (κ2) is 8.38. The van der Waals surface area contributed by atoms with Crippen LogP contribution in [-0.4, -0.2) is 68.6 Å². The number of hydrogen-bond donors (Lipinski definition) is 0. The molecule has 2 aliphatic heterocycles. The lowest BCUT2D eigenvalue weighted by molar-refractivity contribution is -0.131. The minimum absolute atomic E-state index is 0.315. The minimum Gasteiger partial charge on any atom is -0.497 e. The number of piperazine rings is 1. The van der Waals surface area contributed by atoms with Gasteiger partial charge in [-0.25, -0.2) is 0 Å². The van der Waals surface area contributed by atoms with Gasteiger partial charge in [0, 0.05) is 44.8 Å². The summed E-state index contributed by atoms with van der Waals surface area (Å²) in [5, 5.41) is 0. The molecule has 132 valence electrons. The van der Waals surface area contributed by atoms with Gasteiger partial charge in [-0.15, -0.1) is 0 Å². The molecule has 5 nitrogen and oxygen atoms in total. The van der Waals surface area contributed by atoms with Crippen molar-refractivity contribution in [2.24, 2.45) is 0 Å². The van der Waals surface area contributed by atoms with Gasteiger partial charge in [-0.1, -0.05) is 6.42 Å². The highest BCUT2D eigenvalue weighted by atomic mass is 16.5. The predicted molar refractivity (Wildman–Crippen MR) is 96.7 cm³/mol. The number of carbonyl (C=O) groups is 1. The summed E-state index contributed by atoms with van der Waals surface area (Å²) >= 11 is 0. The van der Waals surface area contributed by atoms with Crippen molar-refractivity contribution in [2.45, 2.75) is 25.7 Å². The number of methoxy groups -OCH3 is 1. The zero-order valence-electron chi connectivity index (χ0n) is 14.7. The normalized spacial score (nSPS) is 19.4. The highest BCUT2D eigenvalue weighted by Crippen LogP contribution is 2.20. The lowest BCUT2D eigenvalue weighted by Gasteiger charge is -2.36. The van der Waals surface area contributed by atoms with E-state index < -0.39 is 0 Å². The van der Waals surface area contributed by atoms with Crippen molar-refractivity contribution in [3.05, 3.63) is 24.3 Å². The van der Waals surface area contributed by atoms with Gasteiger partial charge >= 0.3 is 0 Å². The van der Waals surface area contributed by atoms with Crippen molar-refractivity contribution in [2.75, 3.05) is 57.8 Å². The van der Waals surface area contributed by atoms with Crippen LogP contribution in [-0.2, 0) is 4.79 Å². The molecule has 2 saturated heterocycles. The average molecular weight is 331 g/mol. The number of rotatable bonds is 5. The fourth-order valence-corrected chi connectivity index (χ4v) is 3.60. The first-order chi connectivity index (χ1) is 11.8. The lowest BCUT2D eigenvalue weighted by Crippen LogP contribution is -2.49. The van der Waals surface area contributed by atoms with Gasteiger partial charge in [0.1, 0.15) is 5.75 Å². The van der Waals surface area contributed by atoms with E-state index in [1.54, 1.807) is 7.11 Å². The van der Waals surface area contributed by atoms with Crippen LogP contribution in [0.2, 0.25) is 0 Å². The average Bonchev–Trinajstić information content (AvgIpc) is 2.67. The van der Waals surface area contributed by atoms with Crippen LogP contribution >= 0.6 is 0 Å². The monoisotopic (exact) mass is 331 g/mol. The van der Waals surface area contributed by atoms with E-state index in [0.717, 1.165) is 38.5 Å². The molecule has 3 rings (SSSR count). The highest BCUT2D eigenvalue weighted by molar-refractivity contribution is 5.76. The Morgan fingerprint density at radius 3 is 2.25 bits per heavy atom. The molecule has 0 radical (unpaired) electrons. The quantitative estimate of drug-likeness (QED) is 0.829. The van der Waals surface area contributed by atoms with Crippen molar-refractivity contribution in [1.29, 1.82) is 0 Å². The van der Waals surface area contributed by atoms with Gasteiger partial charge in [0.2, 0.25) is 5.91 Å². The highest BCUT2D eigenvalue weighted by Gasteiger charge is 2.22. The summed E-state index contributed by atoms with van der Waals surface area (Å²) in [6.45, 7) is 6.72. The molecule has 1 aromatic rings. The molecule has 0 N–H and O–H groups in total. The van der Waals surface area contributed by atoms with Crippen molar-refractivity contribution in [1.82, 2.24) is 9.80 Å². The molecular formula is C19H29N3O2. The Hall–Kier alpha value is -1.75. The van der Waals surface area contributed by atoms with Crippen LogP contribution in [0.5, 0.6) is 5.75 Å². The fourth-order valence-electron chi connectivity index (χ4n) is 3.60. The van der Waals surface area contributed by atoms with Crippen LogP contribution in [0, 0.1) is 0 Å². The topological polar surface area (TPSA) is 36.0 Å². The molecule has 5 heteroatoms. The molecule has 2 aliphatic rings. The van der Waals surface area contributed by atoms with Gasteiger partial charge in [-0.3, -0.25) is 4.79 Å². The third-order valence-corrected chi connectivity index (χ3v) is 5.16. The maximum absolute atomic E-state index is 12.4. The summed E-state index contributed by atoms with van der Waals surface area (Å²) in [6.07, 6.45) is 4.59. The SMILES string of the molecule is COc1ccc(N2CCN(C(=O)CCN3CCCCC3)CC2)cc1. The second-order valence-corrected chi connectivity index (χ2v) is 6.72. The number of anilines is 1. The first-order valence-corrected chi connectivity index (χ1v) is 9.15.